The summed E-state index contributed by atoms with van der Waals surface area (Å²) in [4.78, 5) is 25.0. The third-order valence-electron chi connectivity index (χ3n) is 3.82. The van der Waals surface area contributed by atoms with E-state index in [2.05, 4.69) is 5.10 Å². The molecule has 2 N–H and O–H groups in total. The summed E-state index contributed by atoms with van der Waals surface area (Å²) < 4.78 is 1.61. The Kier molecular flexibility index (Phi) is 4.08. The molecule has 0 radical (unpaired) electrons. The number of carboxylic acids is 1. The van der Waals surface area contributed by atoms with Crippen LogP contribution in [-0.4, -0.2) is 55.5 Å². The van der Waals surface area contributed by atoms with Gasteiger partial charge in [-0.25, -0.2) is 4.79 Å². The zero-order chi connectivity index (χ0) is 14.8. The van der Waals surface area contributed by atoms with Crippen LogP contribution in [0.1, 0.15) is 32.2 Å². The molecular weight excluding hydrogens is 262 g/mol. The summed E-state index contributed by atoms with van der Waals surface area (Å²) in [5.41, 5.74) is -1.70. The number of aromatic nitrogens is 2. The number of piperidine rings is 1. The predicted octanol–water partition coefficient (Wildman–Crippen LogP) is 0.272. The van der Waals surface area contributed by atoms with Gasteiger partial charge in [0.1, 0.15) is 6.04 Å². The minimum absolute atomic E-state index is 0.0591. The fraction of sp³-hybridized carbons (Fsp3) is 0.615. The van der Waals surface area contributed by atoms with Crippen molar-refractivity contribution in [3.05, 3.63) is 18.5 Å². The molecule has 1 amide bonds. The summed E-state index contributed by atoms with van der Waals surface area (Å²) in [6.45, 7) is 2.40. The van der Waals surface area contributed by atoms with Gasteiger partial charge in [-0.3, -0.25) is 9.48 Å². The third-order valence-corrected chi connectivity index (χ3v) is 3.82. The van der Waals surface area contributed by atoms with Gasteiger partial charge in [-0.05, 0) is 12.5 Å². The Morgan fingerprint density at radius 2 is 2.05 bits per heavy atom. The Bertz CT molecular complexity index is 478. The first-order chi connectivity index (χ1) is 9.48. The highest BCUT2D eigenvalue weighted by molar-refractivity contribution is 5.81. The normalized spacial score (nSPS) is 19.6. The highest BCUT2D eigenvalue weighted by Crippen LogP contribution is 2.25. The number of hydrogen-bond donors (Lipinski definition) is 2. The molecule has 7 nitrogen and oxygen atoms in total. The van der Waals surface area contributed by atoms with Gasteiger partial charge >= 0.3 is 5.97 Å². The average molecular weight is 281 g/mol. The van der Waals surface area contributed by atoms with Gasteiger partial charge in [0.15, 0.2) is 5.60 Å². The van der Waals surface area contributed by atoms with Crippen LogP contribution in [0.3, 0.4) is 0 Å². The van der Waals surface area contributed by atoms with Crippen LogP contribution in [0, 0.1) is 0 Å². The number of carbonyl (C=O) groups is 2. The third kappa shape index (κ3) is 2.67. The summed E-state index contributed by atoms with van der Waals surface area (Å²) in [6.07, 6.45) is 4.09. The number of amides is 1. The van der Waals surface area contributed by atoms with Crippen molar-refractivity contribution in [2.75, 3.05) is 13.1 Å². The fourth-order valence-electron chi connectivity index (χ4n) is 2.46. The molecule has 1 fully saturated rings. The molecule has 1 atom stereocenters. The van der Waals surface area contributed by atoms with Crippen LogP contribution in [0.15, 0.2) is 18.5 Å². The molecule has 0 saturated carbocycles. The van der Waals surface area contributed by atoms with E-state index in [1.165, 1.54) is 0 Å². The lowest BCUT2D eigenvalue weighted by atomic mass is 9.91. The Balaban J connectivity index is 2.03. The molecule has 1 aromatic heterocycles. The van der Waals surface area contributed by atoms with Crippen LogP contribution >= 0.6 is 0 Å². The van der Waals surface area contributed by atoms with Crippen LogP contribution in [0.2, 0.25) is 0 Å². The van der Waals surface area contributed by atoms with Gasteiger partial charge in [0.05, 0.1) is 0 Å². The number of aliphatic hydroxyl groups is 1. The summed E-state index contributed by atoms with van der Waals surface area (Å²) in [6, 6.07) is 1.39. The van der Waals surface area contributed by atoms with Gasteiger partial charge in [-0.15, -0.1) is 0 Å². The lowest BCUT2D eigenvalue weighted by Gasteiger charge is -2.36. The molecule has 0 bridgehead atoms. The topological polar surface area (TPSA) is 95.7 Å². The van der Waals surface area contributed by atoms with Crippen LogP contribution in [0.4, 0.5) is 0 Å². The van der Waals surface area contributed by atoms with E-state index in [9.17, 15) is 14.7 Å². The number of hydrogen-bond acceptors (Lipinski definition) is 4. The average Bonchev–Trinajstić information content (AvgIpc) is 2.94. The molecule has 0 unspecified atom stereocenters. The molecule has 0 spiro atoms. The molecule has 2 rings (SSSR count). The maximum Gasteiger partial charge on any atom is 0.335 e. The highest BCUT2D eigenvalue weighted by atomic mass is 16.4. The van der Waals surface area contributed by atoms with Gasteiger partial charge in [0, 0.05) is 38.3 Å². The fourth-order valence-corrected chi connectivity index (χ4v) is 2.46. The molecule has 1 aliphatic heterocycles. The van der Waals surface area contributed by atoms with Crippen molar-refractivity contribution in [3.63, 3.8) is 0 Å². The monoisotopic (exact) mass is 281 g/mol. The number of likely N-dealkylation sites (tertiary alicyclic amines) is 1. The van der Waals surface area contributed by atoms with Crippen LogP contribution < -0.4 is 0 Å². The van der Waals surface area contributed by atoms with E-state index < -0.39 is 11.6 Å². The van der Waals surface area contributed by atoms with Crippen LogP contribution in [0.25, 0.3) is 0 Å². The van der Waals surface area contributed by atoms with Crippen molar-refractivity contribution in [1.29, 1.82) is 0 Å². The largest absolute Gasteiger partial charge is 0.479 e. The molecule has 1 aliphatic rings. The van der Waals surface area contributed by atoms with Crippen LogP contribution in [-0.2, 0) is 9.59 Å². The number of rotatable bonds is 4. The Morgan fingerprint density at radius 3 is 2.50 bits per heavy atom. The molecule has 20 heavy (non-hydrogen) atoms. The van der Waals surface area contributed by atoms with E-state index >= 15 is 0 Å². The first-order valence-electron chi connectivity index (χ1n) is 6.71. The smallest absolute Gasteiger partial charge is 0.335 e. The number of nitrogens with zero attached hydrogens (tertiary/aromatic N) is 3. The molecule has 0 aromatic carbocycles. The van der Waals surface area contributed by atoms with Gasteiger partial charge in [-0.2, -0.15) is 5.10 Å². The van der Waals surface area contributed by atoms with Crippen molar-refractivity contribution in [3.8, 4) is 0 Å². The van der Waals surface area contributed by atoms with Crippen molar-refractivity contribution < 1.29 is 19.8 Å². The van der Waals surface area contributed by atoms with Crippen LogP contribution in [0.5, 0.6) is 0 Å². The second-order valence-corrected chi connectivity index (χ2v) is 5.07. The highest BCUT2D eigenvalue weighted by Gasteiger charge is 2.41. The van der Waals surface area contributed by atoms with E-state index in [-0.39, 0.29) is 37.9 Å². The van der Waals surface area contributed by atoms with Gasteiger partial charge in [0.2, 0.25) is 5.91 Å². The second kappa shape index (κ2) is 5.62. The zero-order valence-corrected chi connectivity index (χ0v) is 11.4. The van der Waals surface area contributed by atoms with E-state index in [4.69, 9.17) is 5.11 Å². The van der Waals surface area contributed by atoms with E-state index in [1.54, 1.807) is 28.0 Å². The molecule has 7 heteroatoms. The number of aliphatic carboxylic acids is 1. The lowest BCUT2D eigenvalue weighted by Crippen LogP contribution is -2.52. The minimum Gasteiger partial charge on any atom is -0.479 e. The van der Waals surface area contributed by atoms with Crippen molar-refractivity contribution in [1.82, 2.24) is 14.7 Å². The maximum atomic E-state index is 12.4. The lowest BCUT2D eigenvalue weighted by molar-refractivity contribution is -0.165. The molecular formula is C13H19N3O4. The molecule has 0 aliphatic carbocycles. The summed E-state index contributed by atoms with van der Waals surface area (Å²) in [5, 5.41) is 22.9. The first kappa shape index (κ1) is 14.5. The molecule has 1 saturated heterocycles. The summed E-state index contributed by atoms with van der Waals surface area (Å²) in [5.74, 6) is -1.30. The first-order valence-corrected chi connectivity index (χ1v) is 6.71. The van der Waals surface area contributed by atoms with Gasteiger partial charge in [-0.1, -0.05) is 6.92 Å². The predicted molar refractivity (Wildman–Crippen MR) is 70.0 cm³/mol. The molecule has 1 aromatic rings. The van der Waals surface area contributed by atoms with E-state index in [1.807, 2.05) is 6.92 Å². The van der Waals surface area contributed by atoms with Crippen molar-refractivity contribution in [2.24, 2.45) is 0 Å². The summed E-state index contributed by atoms with van der Waals surface area (Å²) in [7, 11) is 0. The zero-order valence-electron chi connectivity index (χ0n) is 11.4. The van der Waals surface area contributed by atoms with Crippen molar-refractivity contribution in [2.45, 2.75) is 37.8 Å². The number of carboxylic acid groups (broad SMARTS) is 1. The SMILES string of the molecule is CC[C@H](C(=O)N1CCC(O)(C(=O)O)CC1)n1cccn1. The quantitative estimate of drug-likeness (QED) is 0.826. The van der Waals surface area contributed by atoms with E-state index in [0.29, 0.717) is 6.42 Å². The molecule has 110 valence electrons. The second-order valence-electron chi connectivity index (χ2n) is 5.07. The number of carbonyl (C=O) groups excluding carboxylic acids is 1. The Hall–Kier alpha value is -1.89. The van der Waals surface area contributed by atoms with Gasteiger partial charge < -0.3 is 15.1 Å². The van der Waals surface area contributed by atoms with Crippen molar-refractivity contribution >= 4 is 11.9 Å². The summed E-state index contributed by atoms with van der Waals surface area (Å²) >= 11 is 0. The maximum absolute atomic E-state index is 12.4. The minimum atomic E-state index is -1.70. The van der Waals surface area contributed by atoms with E-state index in [0.717, 1.165) is 0 Å². The Morgan fingerprint density at radius 1 is 1.40 bits per heavy atom. The Labute approximate surface area is 116 Å². The molecule has 2 heterocycles. The van der Waals surface area contributed by atoms with Gasteiger partial charge in [0.25, 0.3) is 0 Å². The standard InChI is InChI=1S/C13H19N3O4/c1-2-10(16-7-3-6-14-16)11(17)15-8-4-13(20,5-9-15)12(18)19/h3,6-7,10,20H,2,4-5,8-9H2,1H3,(H,18,19)/t10-/m1/s1.